The highest BCUT2D eigenvalue weighted by atomic mass is 32.2. The van der Waals surface area contributed by atoms with Crippen molar-refractivity contribution in [2.75, 3.05) is 6.61 Å². The van der Waals surface area contributed by atoms with Gasteiger partial charge >= 0.3 is 5.69 Å². The van der Waals surface area contributed by atoms with Crippen LogP contribution in [0.5, 0.6) is 5.75 Å². The number of aromatic amines is 1. The van der Waals surface area contributed by atoms with Crippen LogP contribution in [0.1, 0.15) is 89.8 Å². The van der Waals surface area contributed by atoms with Crippen molar-refractivity contribution >= 4 is 11.8 Å². The van der Waals surface area contributed by atoms with E-state index in [9.17, 15) is 4.79 Å². The van der Waals surface area contributed by atoms with E-state index in [2.05, 4.69) is 17.1 Å². The third kappa shape index (κ3) is 6.66. The minimum absolute atomic E-state index is 0.174. The number of hydrogen-bond donors (Lipinski definition) is 1. The number of rotatable bonds is 14. The van der Waals surface area contributed by atoms with Crippen LogP contribution < -0.4 is 10.4 Å². The Bertz CT molecular complexity index is 800. The molecule has 0 saturated heterocycles. The second-order valence-electron chi connectivity index (χ2n) is 7.94. The number of unbranched alkanes of at least 4 members (excludes halogenated alkanes) is 11. The Labute approximate surface area is 178 Å². The van der Waals surface area contributed by atoms with Crippen molar-refractivity contribution in [3.8, 4) is 11.4 Å². The molecule has 3 rings (SSSR count). The van der Waals surface area contributed by atoms with Gasteiger partial charge in [0, 0.05) is 4.90 Å². The summed E-state index contributed by atoms with van der Waals surface area (Å²) in [5.74, 6) is 2.37. The molecule has 29 heavy (non-hydrogen) atoms. The standard InChI is InChI=1S/C23H35N3O2S/c1-2-3-4-5-6-7-8-9-10-11-12-13-16-28-19-14-15-20-21(17-19)29-18-22-24-25-23(27)26(20)22/h14-15,17H,2-13,16,18H2,1H3,(H,25,27). The maximum atomic E-state index is 11.9. The topological polar surface area (TPSA) is 59.9 Å². The van der Waals surface area contributed by atoms with Gasteiger partial charge in [0.2, 0.25) is 0 Å². The highest BCUT2D eigenvalue weighted by molar-refractivity contribution is 7.98. The number of benzene rings is 1. The molecule has 1 N–H and O–H groups in total. The summed E-state index contributed by atoms with van der Waals surface area (Å²) >= 11 is 1.70. The van der Waals surface area contributed by atoms with Crippen molar-refractivity contribution in [2.45, 2.75) is 94.6 Å². The zero-order valence-corrected chi connectivity index (χ0v) is 18.6. The summed E-state index contributed by atoms with van der Waals surface area (Å²) in [4.78, 5) is 13.0. The minimum Gasteiger partial charge on any atom is -0.494 e. The van der Waals surface area contributed by atoms with Crippen LogP contribution in [0.15, 0.2) is 27.9 Å². The molecule has 6 heteroatoms. The van der Waals surface area contributed by atoms with Crippen LogP contribution in [0.4, 0.5) is 0 Å². The normalized spacial score (nSPS) is 12.6. The third-order valence-electron chi connectivity index (χ3n) is 5.54. The Kier molecular flexibility index (Phi) is 9.19. The van der Waals surface area contributed by atoms with Gasteiger partial charge in [-0.15, -0.1) is 11.8 Å². The van der Waals surface area contributed by atoms with Crippen molar-refractivity contribution in [3.63, 3.8) is 0 Å². The maximum Gasteiger partial charge on any atom is 0.348 e. The van der Waals surface area contributed by atoms with E-state index in [0.29, 0.717) is 5.75 Å². The van der Waals surface area contributed by atoms with E-state index in [1.54, 1.807) is 16.3 Å². The van der Waals surface area contributed by atoms with Crippen LogP contribution in [-0.4, -0.2) is 21.4 Å². The van der Waals surface area contributed by atoms with Gasteiger partial charge in [0.05, 0.1) is 18.0 Å². The minimum atomic E-state index is -0.174. The summed E-state index contributed by atoms with van der Waals surface area (Å²) in [6.07, 6.45) is 16.2. The molecule has 0 bridgehead atoms. The number of fused-ring (bicyclic) bond motifs is 3. The summed E-state index contributed by atoms with van der Waals surface area (Å²) in [5, 5.41) is 6.59. The first-order chi connectivity index (χ1) is 14.3. The molecule has 0 atom stereocenters. The number of nitrogens with one attached hydrogen (secondary N) is 1. The van der Waals surface area contributed by atoms with Crippen molar-refractivity contribution in [2.24, 2.45) is 0 Å². The maximum absolute atomic E-state index is 11.9. The van der Waals surface area contributed by atoms with Crippen LogP contribution in [0.25, 0.3) is 5.69 Å². The van der Waals surface area contributed by atoms with Gasteiger partial charge in [-0.25, -0.2) is 14.5 Å². The number of H-pyrrole nitrogens is 1. The second kappa shape index (κ2) is 12.1. The van der Waals surface area contributed by atoms with Gasteiger partial charge in [-0.1, -0.05) is 77.6 Å². The quantitative estimate of drug-likeness (QED) is 0.369. The molecule has 0 radical (unpaired) electrons. The number of aromatic nitrogens is 3. The Balaban J connectivity index is 1.26. The Morgan fingerprint density at radius 3 is 2.34 bits per heavy atom. The molecule has 0 saturated carbocycles. The van der Waals surface area contributed by atoms with Crippen molar-refractivity contribution in [1.82, 2.24) is 14.8 Å². The smallest absolute Gasteiger partial charge is 0.348 e. The molecule has 2 aromatic rings. The molecule has 0 fully saturated rings. The summed E-state index contributed by atoms with van der Waals surface area (Å²) in [6.45, 7) is 3.04. The molecule has 1 aliphatic heterocycles. The molecule has 160 valence electrons. The zero-order valence-electron chi connectivity index (χ0n) is 17.8. The highest BCUT2D eigenvalue weighted by Crippen LogP contribution is 2.35. The summed E-state index contributed by atoms with van der Waals surface area (Å²) in [6, 6.07) is 5.96. The lowest BCUT2D eigenvalue weighted by Crippen LogP contribution is -2.19. The van der Waals surface area contributed by atoms with E-state index in [1.807, 2.05) is 18.2 Å². The van der Waals surface area contributed by atoms with E-state index < -0.39 is 0 Å². The van der Waals surface area contributed by atoms with Crippen LogP contribution in [-0.2, 0) is 5.75 Å². The van der Waals surface area contributed by atoms with Crippen LogP contribution in [0, 0.1) is 0 Å². The average molecular weight is 418 g/mol. The van der Waals surface area contributed by atoms with E-state index >= 15 is 0 Å². The van der Waals surface area contributed by atoms with Gasteiger partial charge < -0.3 is 4.74 Å². The van der Waals surface area contributed by atoms with Gasteiger partial charge in [0.15, 0.2) is 0 Å². The molecule has 2 heterocycles. The van der Waals surface area contributed by atoms with Crippen molar-refractivity contribution in [1.29, 1.82) is 0 Å². The summed E-state index contributed by atoms with van der Waals surface area (Å²) in [7, 11) is 0. The Hall–Kier alpha value is -1.69. The van der Waals surface area contributed by atoms with E-state index in [0.717, 1.165) is 35.2 Å². The third-order valence-corrected chi connectivity index (χ3v) is 6.58. The number of hydrogen-bond acceptors (Lipinski definition) is 4. The lowest BCUT2D eigenvalue weighted by atomic mass is 10.1. The molecule has 0 unspecified atom stereocenters. The Morgan fingerprint density at radius 1 is 1.00 bits per heavy atom. The largest absolute Gasteiger partial charge is 0.494 e. The van der Waals surface area contributed by atoms with Gasteiger partial charge in [-0.2, -0.15) is 5.10 Å². The second-order valence-corrected chi connectivity index (χ2v) is 8.95. The summed E-state index contributed by atoms with van der Waals surface area (Å²) in [5.41, 5.74) is 0.722. The molecular weight excluding hydrogens is 382 g/mol. The first-order valence-electron chi connectivity index (χ1n) is 11.4. The first-order valence-corrected chi connectivity index (χ1v) is 12.3. The lowest BCUT2D eigenvalue weighted by molar-refractivity contribution is 0.303. The predicted octanol–water partition coefficient (Wildman–Crippen LogP) is 6.25. The molecule has 0 aliphatic carbocycles. The molecule has 0 spiro atoms. The summed E-state index contributed by atoms with van der Waals surface area (Å²) < 4.78 is 7.59. The van der Waals surface area contributed by atoms with Crippen molar-refractivity contribution in [3.05, 3.63) is 34.5 Å². The van der Waals surface area contributed by atoms with Gasteiger partial charge in [0.25, 0.3) is 0 Å². The molecule has 1 aromatic heterocycles. The highest BCUT2D eigenvalue weighted by Gasteiger charge is 2.20. The number of ether oxygens (including phenoxy) is 1. The number of thioether (sulfide) groups is 1. The van der Waals surface area contributed by atoms with E-state index in [-0.39, 0.29) is 5.69 Å². The predicted molar refractivity (Wildman–Crippen MR) is 120 cm³/mol. The van der Waals surface area contributed by atoms with E-state index in [1.165, 1.54) is 70.6 Å². The zero-order chi connectivity index (χ0) is 20.3. The molecule has 0 amide bonds. The van der Waals surface area contributed by atoms with E-state index in [4.69, 9.17) is 4.74 Å². The van der Waals surface area contributed by atoms with Gasteiger partial charge in [-0.05, 0) is 24.6 Å². The lowest BCUT2D eigenvalue weighted by Gasteiger charge is -2.17. The van der Waals surface area contributed by atoms with Crippen LogP contribution in [0.2, 0.25) is 0 Å². The Morgan fingerprint density at radius 2 is 1.66 bits per heavy atom. The molecule has 1 aliphatic rings. The fourth-order valence-electron chi connectivity index (χ4n) is 3.83. The fourth-order valence-corrected chi connectivity index (χ4v) is 4.82. The van der Waals surface area contributed by atoms with Gasteiger partial charge in [-0.3, -0.25) is 0 Å². The molecule has 5 nitrogen and oxygen atoms in total. The molecular formula is C23H35N3O2S. The fraction of sp³-hybridized carbons (Fsp3) is 0.652. The SMILES string of the molecule is CCCCCCCCCCCCCCOc1ccc2c(c1)SCc1n[nH]c(=O)n1-2. The monoisotopic (exact) mass is 417 g/mol. The first kappa shape index (κ1) is 22.0. The van der Waals surface area contributed by atoms with Crippen LogP contribution in [0.3, 0.4) is 0 Å². The molecule has 1 aromatic carbocycles. The van der Waals surface area contributed by atoms with Crippen molar-refractivity contribution < 1.29 is 4.74 Å². The van der Waals surface area contributed by atoms with Crippen LogP contribution >= 0.6 is 11.8 Å². The number of nitrogens with zero attached hydrogens (tertiary/aromatic N) is 2. The van der Waals surface area contributed by atoms with Gasteiger partial charge in [0.1, 0.15) is 11.6 Å². The average Bonchev–Trinajstić information content (AvgIpc) is 3.12.